The SMILES string of the molecule is COc1ccc(C)nc1NC(=O)c1cncc(Br)c1. The van der Waals surface area contributed by atoms with Crippen LogP contribution in [-0.2, 0) is 0 Å². The van der Waals surface area contributed by atoms with Crippen LogP contribution in [-0.4, -0.2) is 23.0 Å². The highest BCUT2D eigenvalue weighted by Gasteiger charge is 2.11. The Morgan fingerprint density at radius 3 is 2.84 bits per heavy atom. The third kappa shape index (κ3) is 3.29. The average Bonchev–Trinajstić information content (AvgIpc) is 2.39. The van der Waals surface area contributed by atoms with Gasteiger partial charge in [-0.1, -0.05) is 0 Å². The van der Waals surface area contributed by atoms with Gasteiger partial charge in [-0.2, -0.15) is 0 Å². The van der Waals surface area contributed by atoms with Gasteiger partial charge in [-0.25, -0.2) is 4.98 Å². The van der Waals surface area contributed by atoms with E-state index in [9.17, 15) is 4.79 Å². The van der Waals surface area contributed by atoms with Crippen molar-refractivity contribution in [2.75, 3.05) is 12.4 Å². The number of carbonyl (C=O) groups excluding carboxylic acids is 1. The number of amides is 1. The van der Waals surface area contributed by atoms with Gasteiger partial charge in [0.2, 0.25) is 0 Å². The number of ether oxygens (including phenoxy) is 1. The summed E-state index contributed by atoms with van der Waals surface area (Å²) < 4.78 is 5.90. The van der Waals surface area contributed by atoms with E-state index >= 15 is 0 Å². The van der Waals surface area contributed by atoms with E-state index in [0.29, 0.717) is 17.1 Å². The number of methoxy groups -OCH3 is 1. The highest BCUT2D eigenvalue weighted by Crippen LogP contribution is 2.22. The third-order valence-electron chi connectivity index (χ3n) is 2.42. The summed E-state index contributed by atoms with van der Waals surface area (Å²) >= 11 is 3.27. The molecule has 6 heteroatoms. The number of hydrogen-bond donors (Lipinski definition) is 1. The molecule has 98 valence electrons. The van der Waals surface area contributed by atoms with E-state index in [1.807, 2.05) is 13.0 Å². The number of nitrogens with one attached hydrogen (secondary N) is 1. The van der Waals surface area contributed by atoms with Gasteiger partial charge in [0.1, 0.15) is 0 Å². The second kappa shape index (κ2) is 5.79. The Labute approximate surface area is 119 Å². The molecule has 2 aromatic heterocycles. The first-order valence-electron chi connectivity index (χ1n) is 5.53. The van der Waals surface area contributed by atoms with E-state index in [0.717, 1.165) is 10.2 Å². The molecule has 19 heavy (non-hydrogen) atoms. The van der Waals surface area contributed by atoms with Crippen molar-refractivity contribution in [3.05, 3.63) is 46.3 Å². The molecule has 0 saturated heterocycles. The molecular formula is C13H12BrN3O2. The van der Waals surface area contributed by atoms with Crippen LogP contribution in [0.3, 0.4) is 0 Å². The maximum absolute atomic E-state index is 12.1. The first-order valence-corrected chi connectivity index (χ1v) is 6.33. The molecule has 0 atom stereocenters. The van der Waals surface area contributed by atoms with Crippen LogP contribution in [0.1, 0.15) is 16.1 Å². The predicted octanol–water partition coefficient (Wildman–Crippen LogP) is 2.81. The number of rotatable bonds is 3. The van der Waals surface area contributed by atoms with Crippen molar-refractivity contribution >= 4 is 27.7 Å². The van der Waals surface area contributed by atoms with Crippen molar-refractivity contribution in [1.29, 1.82) is 0 Å². The van der Waals surface area contributed by atoms with Gasteiger partial charge in [0.25, 0.3) is 5.91 Å². The predicted molar refractivity (Wildman–Crippen MR) is 75.4 cm³/mol. The number of halogens is 1. The molecule has 0 radical (unpaired) electrons. The van der Waals surface area contributed by atoms with Crippen LogP contribution in [0.5, 0.6) is 5.75 Å². The molecule has 0 spiro atoms. The molecule has 0 unspecified atom stereocenters. The lowest BCUT2D eigenvalue weighted by atomic mass is 10.2. The van der Waals surface area contributed by atoms with E-state index in [-0.39, 0.29) is 5.91 Å². The van der Waals surface area contributed by atoms with Crippen LogP contribution < -0.4 is 10.1 Å². The molecule has 0 aliphatic rings. The van der Waals surface area contributed by atoms with Gasteiger partial charge < -0.3 is 10.1 Å². The van der Waals surface area contributed by atoms with E-state index in [1.54, 1.807) is 18.3 Å². The van der Waals surface area contributed by atoms with Gasteiger partial charge in [0.05, 0.1) is 12.7 Å². The lowest BCUT2D eigenvalue weighted by molar-refractivity contribution is 0.102. The van der Waals surface area contributed by atoms with Gasteiger partial charge in [-0.15, -0.1) is 0 Å². The summed E-state index contributed by atoms with van der Waals surface area (Å²) in [6.45, 7) is 1.84. The Hall–Kier alpha value is -1.95. The van der Waals surface area contributed by atoms with Crippen molar-refractivity contribution in [3.8, 4) is 5.75 Å². The summed E-state index contributed by atoms with van der Waals surface area (Å²) in [7, 11) is 1.53. The minimum absolute atomic E-state index is 0.287. The molecular weight excluding hydrogens is 310 g/mol. The summed E-state index contributed by atoms with van der Waals surface area (Å²) in [6, 6.07) is 5.26. The average molecular weight is 322 g/mol. The largest absolute Gasteiger partial charge is 0.493 e. The molecule has 5 nitrogen and oxygen atoms in total. The Morgan fingerprint density at radius 1 is 1.37 bits per heavy atom. The normalized spacial score (nSPS) is 10.1. The first kappa shape index (κ1) is 13.5. The van der Waals surface area contributed by atoms with Gasteiger partial charge in [-0.05, 0) is 41.1 Å². The van der Waals surface area contributed by atoms with Crippen molar-refractivity contribution < 1.29 is 9.53 Å². The molecule has 2 aromatic rings. The number of carbonyl (C=O) groups is 1. The zero-order chi connectivity index (χ0) is 13.8. The summed E-state index contributed by atoms with van der Waals surface area (Å²) in [5, 5.41) is 2.71. The van der Waals surface area contributed by atoms with Crippen LogP contribution >= 0.6 is 15.9 Å². The second-order valence-corrected chi connectivity index (χ2v) is 4.77. The van der Waals surface area contributed by atoms with E-state index in [4.69, 9.17) is 4.74 Å². The standard InChI is InChI=1S/C13H12BrN3O2/c1-8-3-4-11(19-2)12(16-8)17-13(18)9-5-10(14)7-15-6-9/h3-7H,1-2H3,(H,16,17,18). The minimum Gasteiger partial charge on any atom is -0.493 e. The van der Waals surface area contributed by atoms with E-state index < -0.39 is 0 Å². The summed E-state index contributed by atoms with van der Waals surface area (Å²) in [6.07, 6.45) is 3.10. The summed E-state index contributed by atoms with van der Waals surface area (Å²) in [4.78, 5) is 20.3. The Balaban J connectivity index is 2.26. The zero-order valence-electron chi connectivity index (χ0n) is 10.5. The van der Waals surface area contributed by atoms with E-state index in [1.165, 1.54) is 13.3 Å². The molecule has 0 bridgehead atoms. The van der Waals surface area contributed by atoms with Crippen molar-refractivity contribution in [2.45, 2.75) is 6.92 Å². The Morgan fingerprint density at radius 2 is 2.16 bits per heavy atom. The van der Waals surface area contributed by atoms with Gasteiger partial charge in [0, 0.05) is 22.6 Å². The highest BCUT2D eigenvalue weighted by molar-refractivity contribution is 9.10. The first-order chi connectivity index (χ1) is 9.10. The second-order valence-electron chi connectivity index (χ2n) is 3.85. The number of hydrogen-bond acceptors (Lipinski definition) is 4. The van der Waals surface area contributed by atoms with Crippen molar-refractivity contribution in [2.24, 2.45) is 0 Å². The number of nitrogens with zero attached hydrogens (tertiary/aromatic N) is 2. The van der Waals surface area contributed by atoms with Crippen LogP contribution in [0, 0.1) is 6.92 Å². The van der Waals surface area contributed by atoms with E-state index in [2.05, 4.69) is 31.2 Å². The Kier molecular flexibility index (Phi) is 4.11. The molecule has 2 heterocycles. The summed E-state index contributed by atoms with van der Waals surface area (Å²) in [5.74, 6) is 0.625. The number of aryl methyl sites for hydroxylation is 1. The maximum atomic E-state index is 12.1. The monoisotopic (exact) mass is 321 g/mol. The molecule has 0 saturated carbocycles. The van der Waals surface area contributed by atoms with Gasteiger partial charge >= 0.3 is 0 Å². The number of anilines is 1. The van der Waals surface area contributed by atoms with Crippen LogP contribution in [0.4, 0.5) is 5.82 Å². The topological polar surface area (TPSA) is 64.1 Å². The Bertz CT molecular complexity index is 617. The molecule has 0 fully saturated rings. The molecule has 0 aromatic carbocycles. The maximum Gasteiger partial charge on any atom is 0.258 e. The number of pyridine rings is 2. The quantitative estimate of drug-likeness (QED) is 0.944. The fraction of sp³-hybridized carbons (Fsp3) is 0.154. The number of aromatic nitrogens is 2. The summed E-state index contributed by atoms with van der Waals surface area (Å²) in [5.41, 5.74) is 1.24. The lowest BCUT2D eigenvalue weighted by Gasteiger charge is -2.09. The van der Waals surface area contributed by atoms with Crippen molar-refractivity contribution in [3.63, 3.8) is 0 Å². The highest BCUT2D eigenvalue weighted by atomic mass is 79.9. The van der Waals surface area contributed by atoms with Crippen LogP contribution in [0.2, 0.25) is 0 Å². The smallest absolute Gasteiger partial charge is 0.258 e. The van der Waals surface area contributed by atoms with Crippen LogP contribution in [0.25, 0.3) is 0 Å². The lowest BCUT2D eigenvalue weighted by Crippen LogP contribution is -2.14. The molecule has 1 amide bonds. The van der Waals surface area contributed by atoms with Crippen molar-refractivity contribution in [1.82, 2.24) is 9.97 Å². The molecule has 1 N–H and O–H groups in total. The van der Waals surface area contributed by atoms with Crippen LogP contribution in [0.15, 0.2) is 35.1 Å². The minimum atomic E-state index is -0.287. The van der Waals surface area contributed by atoms with Gasteiger partial charge in [0.15, 0.2) is 11.6 Å². The third-order valence-corrected chi connectivity index (χ3v) is 2.85. The molecule has 0 aliphatic heterocycles. The molecule has 2 rings (SSSR count). The van der Waals surface area contributed by atoms with Gasteiger partial charge in [-0.3, -0.25) is 9.78 Å². The molecule has 0 aliphatic carbocycles. The zero-order valence-corrected chi connectivity index (χ0v) is 12.1. The fourth-order valence-electron chi connectivity index (χ4n) is 1.51. The fourth-order valence-corrected chi connectivity index (χ4v) is 1.88.